The van der Waals surface area contributed by atoms with Gasteiger partial charge in [0.25, 0.3) is 5.91 Å². The number of benzene rings is 1. The first-order chi connectivity index (χ1) is 18.3. The zero-order chi connectivity index (χ0) is 26.6. The van der Waals surface area contributed by atoms with Crippen LogP contribution in [0.15, 0.2) is 55.0 Å². The van der Waals surface area contributed by atoms with E-state index in [9.17, 15) is 19.8 Å². The summed E-state index contributed by atoms with van der Waals surface area (Å²) in [5, 5.41) is 23.8. The molecule has 194 valence electrons. The molecule has 6 rings (SSSR count). The summed E-state index contributed by atoms with van der Waals surface area (Å²) >= 11 is 0. The average Bonchev–Trinajstić information content (AvgIpc) is 3.42. The van der Waals surface area contributed by atoms with Crippen LogP contribution in [0.1, 0.15) is 41.7 Å². The van der Waals surface area contributed by atoms with Gasteiger partial charge in [-0.1, -0.05) is 6.07 Å². The van der Waals surface area contributed by atoms with Crippen molar-refractivity contribution in [2.75, 3.05) is 23.3 Å². The van der Waals surface area contributed by atoms with Gasteiger partial charge in [-0.2, -0.15) is 0 Å². The molecular weight excluding hydrogens is 484 g/mol. The van der Waals surface area contributed by atoms with Gasteiger partial charge < -0.3 is 25.0 Å². The summed E-state index contributed by atoms with van der Waals surface area (Å²) in [6, 6.07) is 10.7. The second-order valence-electron chi connectivity index (χ2n) is 9.85. The van der Waals surface area contributed by atoms with E-state index < -0.39 is 18.0 Å². The molecule has 38 heavy (non-hydrogen) atoms. The number of fused-ring (bicyclic) bond motifs is 2. The van der Waals surface area contributed by atoms with Crippen LogP contribution in [-0.4, -0.2) is 60.8 Å². The highest BCUT2D eigenvalue weighted by Crippen LogP contribution is 2.45. The van der Waals surface area contributed by atoms with Crippen LogP contribution in [0.5, 0.6) is 0 Å². The number of imide groups is 1. The van der Waals surface area contributed by atoms with E-state index in [1.807, 2.05) is 48.1 Å². The van der Waals surface area contributed by atoms with Gasteiger partial charge in [-0.15, -0.1) is 0 Å². The van der Waals surface area contributed by atoms with Gasteiger partial charge in [0.05, 0.1) is 35.3 Å². The highest BCUT2D eigenvalue weighted by atomic mass is 16.4. The number of carboxylic acid groups (broad SMARTS) is 1. The number of aliphatic hydroxyl groups is 1. The second-order valence-corrected chi connectivity index (χ2v) is 9.85. The molecule has 1 unspecified atom stereocenters. The summed E-state index contributed by atoms with van der Waals surface area (Å²) in [7, 11) is 1.92. The molecule has 1 fully saturated rings. The van der Waals surface area contributed by atoms with E-state index in [1.165, 1.54) is 0 Å². The van der Waals surface area contributed by atoms with Gasteiger partial charge in [0.1, 0.15) is 11.5 Å². The Kier molecular flexibility index (Phi) is 5.76. The molecule has 3 N–H and O–H groups in total. The first-order valence-electron chi connectivity index (χ1n) is 12.6. The fraction of sp³-hybridized carbons (Fsp3) is 0.286. The predicted molar refractivity (Wildman–Crippen MR) is 144 cm³/mol. The zero-order valence-corrected chi connectivity index (χ0v) is 21.1. The van der Waals surface area contributed by atoms with E-state index in [1.54, 1.807) is 25.4 Å². The number of nitrogens with one attached hydrogen (secondary N) is 1. The number of hydrogen-bond donors (Lipinski definition) is 3. The van der Waals surface area contributed by atoms with Crippen LogP contribution in [0, 0.1) is 0 Å². The Labute approximate surface area is 219 Å². The molecule has 5 heterocycles. The molecule has 1 saturated heterocycles. The van der Waals surface area contributed by atoms with Gasteiger partial charge in [0.15, 0.2) is 0 Å². The van der Waals surface area contributed by atoms with Gasteiger partial charge >= 0.3 is 6.09 Å². The standard InChI is InChI=1S/C28H28N6O4/c1-16-24-20(19-7-11-29-26-21(19)10-12-32(26)2)4-5-22(25(24)27(36)34(16)28(37)38)31-23-6-3-17(15-30-23)33-13-8-18(35)9-14-33/h3-7,10-12,15-16,18,35H,8-9,13-14H2,1-2H3,(H,30,31)(H,37,38). The number of pyridine rings is 2. The SMILES string of the molecule is CC1c2c(-c3ccnc4c3ccn4C)ccc(Nc3ccc(N4CCC(O)CC4)cn3)c2C(=O)N1C(=O)O. The van der Waals surface area contributed by atoms with E-state index in [4.69, 9.17) is 0 Å². The van der Waals surface area contributed by atoms with Crippen LogP contribution < -0.4 is 10.2 Å². The smallest absolute Gasteiger partial charge is 0.414 e. The molecule has 0 spiro atoms. The number of hydrogen-bond acceptors (Lipinski definition) is 7. The van der Waals surface area contributed by atoms with Crippen molar-refractivity contribution in [1.29, 1.82) is 0 Å². The lowest BCUT2D eigenvalue weighted by Gasteiger charge is -2.31. The van der Waals surface area contributed by atoms with Gasteiger partial charge in [0.2, 0.25) is 0 Å². The molecule has 0 bridgehead atoms. The Morgan fingerprint density at radius 3 is 2.55 bits per heavy atom. The number of aromatic nitrogens is 3. The van der Waals surface area contributed by atoms with Crippen molar-refractivity contribution in [2.45, 2.75) is 31.9 Å². The lowest BCUT2D eigenvalue weighted by Crippen LogP contribution is -2.35. The highest BCUT2D eigenvalue weighted by Gasteiger charge is 2.42. The predicted octanol–water partition coefficient (Wildman–Crippen LogP) is 4.53. The molecule has 1 atom stereocenters. The van der Waals surface area contributed by atoms with Crippen LogP contribution in [-0.2, 0) is 7.05 Å². The fourth-order valence-electron chi connectivity index (χ4n) is 5.61. The van der Waals surface area contributed by atoms with Crippen LogP contribution in [0.2, 0.25) is 0 Å². The number of anilines is 3. The third-order valence-corrected chi connectivity index (χ3v) is 7.59. The van der Waals surface area contributed by atoms with Gasteiger partial charge in [-0.25, -0.2) is 19.7 Å². The van der Waals surface area contributed by atoms with Crippen LogP contribution in [0.25, 0.3) is 22.2 Å². The molecule has 10 heteroatoms. The van der Waals surface area contributed by atoms with Crippen LogP contribution >= 0.6 is 0 Å². The Balaban J connectivity index is 1.40. The lowest BCUT2D eigenvalue weighted by molar-refractivity contribution is 0.0724. The average molecular weight is 513 g/mol. The maximum Gasteiger partial charge on any atom is 0.414 e. The van der Waals surface area contributed by atoms with Crippen LogP contribution in [0.3, 0.4) is 0 Å². The summed E-state index contributed by atoms with van der Waals surface area (Å²) in [5.74, 6) is -0.0180. The van der Waals surface area contributed by atoms with E-state index in [2.05, 4.69) is 20.2 Å². The number of rotatable bonds is 4. The summed E-state index contributed by atoms with van der Waals surface area (Å²) < 4.78 is 1.93. The molecule has 4 aromatic rings. The highest BCUT2D eigenvalue weighted by molar-refractivity contribution is 6.13. The number of aliphatic hydroxyl groups excluding tert-OH is 1. The minimum Gasteiger partial charge on any atom is -0.465 e. The Morgan fingerprint density at radius 2 is 1.84 bits per heavy atom. The van der Waals surface area contributed by atoms with Crippen molar-refractivity contribution < 1.29 is 19.8 Å². The third-order valence-electron chi connectivity index (χ3n) is 7.59. The van der Waals surface area contributed by atoms with Crippen molar-refractivity contribution in [3.63, 3.8) is 0 Å². The molecule has 1 aromatic carbocycles. The molecule has 0 aliphatic carbocycles. The topological polar surface area (TPSA) is 124 Å². The molecule has 0 radical (unpaired) electrons. The molecule has 3 aromatic heterocycles. The molecule has 0 saturated carbocycles. The van der Waals surface area contributed by atoms with Gasteiger partial charge in [-0.05, 0) is 66.8 Å². The fourth-order valence-corrected chi connectivity index (χ4v) is 5.61. The minimum absolute atomic E-state index is 0.249. The van der Waals surface area contributed by atoms with Crippen molar-refractivity contribution in [3.8, 4) is 11.1 Å². The second kappa shape index (κ2) is 9.14. The molecular formula is C28H28N6O4. The largest absolute Gasteiger partial charge is 0.465 e. The van der Waals surface area contributed by atoms with E-state index >= 15 is 0 Å². The van der Waals surface area contributed by atoms with Crippen LogP contribution in [0.4, 0.5) is 22.0 Å². The first-order valence-corrected chi connectivity index (χ1v) is 12.6. The lowest BCUT2D eigenvalue weighted by atomic mass is 9.91. The summed E-state index contributed by atoms with van der Waals surface area (Å²) in [6.07, 6.45) is 5.34. The molecule has 2 aliphatic rings. The Bertz CT molecular complexity index is 1560. The van der Waals surface area contributed by atoms with E-state index in [0.29, 0.717) is 22.6 Å². The zero-order valence-electron chi connectivity index (χ0n) is 21.1. The number of nitrogens with zero attached hydrogens (tertiary/aromatic N) is 5. The normalized spacial score (nSPS) is 17.8. The van der Waals surface area contributed by atoms with Gasteiger partial charge in [0, 0.05) is 37.9 Å². The van der Waals surface area contributed by atoms with Crippen molar-refractivity contribution in [2.24, 2.45) is 7.05 Å². The van der Waals surface area contributed by atoms with E-state index in [0.717, 1.165) is 58.7 Å². The number of amides is 2. The summed E-state index contributed by atoms with van der Waals surface area (Å²) in [4.78, 5) is 37.6. The maximum absolute atomic E-state index is 13.4. The van der Waals surface area contributed by atoms with Crippen molar-refractivity contribution >= 4 is 40.2 Å². The first kappa shape index (κ1) is 23.9. The molecule has 2 amide bonds. The Hall–Kier alpha value is -4.44. The Morgan fingerprint density at radius 1 is 1.05 bits per heavy atom. The number of carbonyl (C=O) groups is 2. The van der Waals surface area contributed by atoms with Gasteiger partial charge in [-0.3, -0.25) is 4.79 Å². The third kappa shape index (κ3) is 3.84. The minimum atomic E-state index is -1.29. The summed E-state index contributed by atoms with van der Waals surface area (Å²) in [6.45, 7) is 3.27. The van der Waals surface area contributed by atoms with Crippen molar-refractivity contribution in [3.05, 3.63) is 66.1 Å². The molecule has 2 aliphatic heterocycles. The number of carbonyl (C=O) groups excluding carboxylic acids is 1. The van der Waals surface area contributed by atoms with E-state index in [-0.39, 0.29) is 6.10 Å². The molecule has 10 nitrogen and oxygen atoms in total. The van der Waals surface area contributed by atoms with Crippen molar-refractivity contribution in [1.82, 2.24) is 19.4 Å². The maximum atomic E-state index is 13.4. The quantitative estimate of drug-likeness (QED) is 0.364. The number of aryl methyl sites for hydroxylation is 1. The number of piperidine rings is 1. The summed E-state index contributed by atoms with van der Waals surface area (Å²) in [5.41, 5.74) is 4.94. The monoisotopic (exact) mass is 512 g/mol.